The Morgan fingerprint density at radius 1 is 1.32 bits per heavy atom. The van der Waals surface area contributed by atoms with Crippen molar-refractivity contribution >= 4 is 11.6 Å². The molecule has 0 aromatic rings. The number of unbranched alkanes of at least 4 members (excludes halogenated alkanes) is 1. The zero-order valence-corrected chi connectivity index (χ0v) is 17.5. The van der Waals surface area contributed by atoms with E-state index in [4.69, 9.17) is 0 Å². The quantitative estimate of drug-likeness (QED) is 0.694. The molecule has 0 radical (unpaired) electrons. The molecule has 3 nitrogen and oxygen atoms in total. The number of aliphatic hydroxyl groups excluding tert-OH is 1. The molecule has 0 aromatic heterocycles. The fourth-order valence-corrected chi connectivity index (χ4v) is 7.18. The number of aliphatic hydroxyl groups is 1. The third-order valence-electron chi connectivity index (χ3n) is 8.55. The molecule has 4 rings (SSSR count). The minimum absolute atomic E-state index is 0.0138. The molecule has 0 aromatic carbocycles. The standard InChI is InChI=1S/C25H34O3/c1-4-5-6-16-13-21-19-8-7-17-14-18(27)9-11-24(17,2)20(19)10-12-25(21,3)23(16)22(28)15-26/h9-11,14,16,19,21,23,26H,4-8,12-13,15H2,1-3H3/t16-,19-,21+,23-,24+,25+/m1/s1. The molecule has 0 spiro atoms. The van der Waals surface area contributed by atoms with Crippen molar-refractivity contribution in [2.45, 2.75) is 65.7 Å². The normalized spacial score (nSPS) is 41.6. The van der Waals surface area contributed by atoms with Crippen LogP contribution < -0.4 is 0 Å². The van der Waals surface area contributed by atoms with E-state index in [9.17, 15) is 14.7 Å². The van der Waals surface area contributed by atoms with Gasteiger partial charge in [0.15, 0.2) is 11.6 Å². The summed E-state index contributed by atoms with van der Waals surface area (Å²) in [6.45, 7) is 6.45. The monoisotopic (exact) mass is 382 g/mol. The summed E-state index contributed by atoms with van der Waals surface area (Å²) in [5, 5.41) is 9.68. The summed E-state index contributed by atoms with van der Waals surface area (Å²) in [4.78, 5) is 24.7. The molecule has 152 valence electrons. The first-order valence-electron chi connectivity index (χ1n) is 11.1. The number of rotatable bonds is 5. The Labute approximate surface area is 169 Å². The average Bonchev–Trinajstić information content (AvgIpc) is 2.98. The van der Waals surface area contributed by atoms with Crippen molar-refractivity contribution in [2.24, 2.45) is 34.5 Å². The summed E-state index contributed by atoms with van der Waals surface area (Å²) in [6.07, 6.45) is 15.6. The summed E-state index contributed by atoms with van der Waals surface area (Å²) in [5.74, 6) is 1.53. The van der Waals surface area contributed by atoms with E-state index in [0.717, 1.165) is 44.9 Å². The fraction of sp³-hybridized carbons (Fsp3) is 0.680. The van der Waals surface area contributed by atoms with Crippen LogP contribution in [0, 0.1) is 34.5 Å². The van der Waals surface area contributed by atoms with Gasteiger partial charge in [-0.15, -0.1) is 0 Å². The van der Waals surface area contributed by atoms with Gasteiger partial charge in [-0.1, -0.05) is 50.0 Å². The van der Waals surface area contributed by atoms with Gasteiger partial charge in [0.1, 0.15) is 6.61 Å². The van der Waals surface area contributed by atoms with Crippen LogP contribution in [0.5, 0.6) is 0 Å². The zero-order chi connectivity index (χ0) is 20.1. The molecule has 0 amide bonds. The molecule has 0 unspecified atom stereocenters. The Morgan fingerprint density at radius 2 is 2.11 bits per heavy atom. The van der Waals surface area contributed by atoms with Gasteiger partial charge in [0.2, 0.25) is 0 Å². The zero-order valence-electron chi connectivity index (χ0n) is 17.5. The number of hydrogen-bond acceptors (Lipinski definition) is 3. The van der Waals surface area contributed by atoms with Crippen LogP contribution in [0.4, 0.5) is 0 Å². The highest BCUT2D eigenvalue weighted by atomic mass is 16.3. The summed E-state index contributed by atoms with van der Waals surface area (Å²) in [5.41, 5.74) is 2.56. The molecule has 28 heavy (non-hydrogen) atoms. The Morgan fingerprint density at radius 3 is 2.82 bits per heavy atom. The average molecular weight is 383 g/mol. The van der Waals surface area contributed by atoms with E-state index in [0.29, 0.717) is 17.8 Å². The van der Waals surface area contributed by atoms with Crippen molar-refractivity contribution in [1.82, 2.24) is 0 Å². The minimum atomic E-state index is -0.327. The van der Waals surface area contributed by atoms with Gasteiger partial charge in [-0.2, -0.15) is 0 Å². The predicted molar refractivity (Wildman–Crippen MR) is 111 cm³/mol. The van der Waals surface area contributed by atoms with Crippen LogP contribution in [0.3, 0.4) is 0 Å². The van der Waals surface area contributed by atoms with Crippen LogP contribution in [0.15, 0.2) is 35.5 Å². The molecule has 0 aliphatic heterocycles. The molecule has 4 aliphatic carbocycles. The van der Waals surface area contributed by atoms with Gasteiger partial charge in [0.25, 0.3) is 0 Å². The smallest absolute Gasteiger partial charge is 0.178 e. The molecular formula is C25H34O3. The van der Waals surface area contributed by atoms with Crippen LogP contribution >= 0.6 is 0 Å². The van der Waals surface area contributed by atoms with Crippen LogP contribution in [0.25, 0.3) is 0 Å². The maximum atomic E-state index is 12.8. The highest BCUT2D eigenvalue weighted by molar-refractivity contribution is 6.01. The number of Topliss-reactive ketones (excluding diaryl/α,β-unsaturated/α-hetero) is 1. The Hall–Kier alpha value is -1.48. The van der Waals surface area contributed by atoms with E-state index in [1.54, 1.807) is 6.08 Å². The summed E-state index contributed by atoms with van der Waals surface area (Å²) in [6, 6.07) is 0. The second-order valence-corrected chi connectivity index (χ2v) is 9.97. The van der Waals surface area contributed by atoms with E-state index in [1.807, 2.05) is 6.08 Å². The lowest BCUT2D eigenvalue weighted by molar-refractivity contribution is -0.131. The summed E-state index contributed by atoms with van der Waals surface area (Å²) < 4.78 is 0. The van der Waals surface area contributed by atoms with Crippen LogP contribution in [-0.2, 0) is 9.59 Å². The van der Waals surface area contributed by atoms with Crippen LogP contribution in [-0.4, -0.2) is 23.3 Å². The first-order chi connectivity index (χ1) is 13.3. The van der Waals surface area contributed by atoms with Gasteiger partial charge < -0.3 is 5.11 Å². The number of fused-ring (bicyclic) bond motifs is 5. The number of hydrogen-bond donors (Lipinski definition) is 1. The SMILES string of the molecule is CCCC[C@@H]1C[C@H]2[C@@H]3CCC4=CC(=O)C=C[C@]4(C)C3=CC[C@]2(C)[C@H]1C(=O)CO. The largest absolute Gasteiger partial charge is 0.389 e. The van der Waals surface area contributed by atoms with Gasteiger partial charge in [0.05, 0.1) is 0 Å². The predicted octanol–water partition coefficient (Wildman–Crippen LogP) is 4.81. The molecular weight excluding hydrogens is 348 g/mol. The van der Waals surface area contributed by atoms with E-state index in [-0.39, 0.29) is 34.9 Å². The lowest BCUT2D eigenvalue weighted by Gasteiger charge is -2.52. The van der Waals surface area contributed by atoms with E-state index in [1.165, 1.54) is 11.1 Å². The van der Waals surface area contributed by atoms with Crippen molar-refractivity contribution in [3.8, 4) is 0 Å². The Bertz CT molecular complexity index is 773. The third kappa shape index (κ3) is 2.81. The lowest BCUT2D eigenvalue weighted by Crippen LogP contribution is -2.45. The number of carbonyl (C=O) groups is 2. The van der Waals surface area contributed by atoms with Crippen LogP contribution in [0.1, 0.15) is 65.7 Å². The Balaban J connectivity index is 1.71. The number of allylic oxidation sites excluding steroid dienone is 6. The van der Waals surface area contributed by atoms with Crippen molar-refractivity contribution in [1.29, 1.82) is 0 Å². The summed E-state index contributed by atoms with van der Waals surface area (Å²) >= 11 is 0. The van der Waals surface area contributed by atoms with Gasteiger partial charge in [0, 0.05) is 11.3 Å². The van der Waals surface area contributed by atoms with Gasteiger partial charge in [-0.25, -0.2) is 0 Å². The molecule has 0 heterocycles. The van der Waals surface area contributed by atoms with Gasteiger partial charge in [-0.3, -0.25) is 9.59 Å². The minimum Gasteiger partial charge on any atom is -0.389 e. The molecule has 4 aliphatic rings. The van der Waals surface area contributed by atoms with Gasteiger partial charge in [-0.05, 0) is 74.3 Å². The first-order valence-corrected chi connectivity index (χ1v) is 11.1. The molecule has 1 N–H and O–H groups in total. The first kappa shape index (κ1) is 19.8. The molecule has 2 fully saturated rings. The molecule has 3 heteroatoms. The van der Waals surface area contributed by atoms with Crippen molar-refractivity contribution < 1.29 is 14.7 Å². The summed E-state index contributed by atoms with van der Waals surface area (Å²) in [7, 11) is 0. The molecule has 2 saturated carbocycles. The molecule has 0 bridgehead atoms. The number of ketones is 2. The highest BCUT2D eigenvalue weighted by Crippen LogP contribution is 2.65. The van der Waals surface area contributed by atoms with Crippen molar-refractivity contribution in [3.63, 3.8) is 0 Å². The van der Waals surface area contributed by atoms with Crippen LogP contribution in [0.2, 0.25) is 0 Å². The van der Waals surface area contributed by atoms with E-state index >= 15 is 0 Å². The molecule has 6 atom stereocenters. The van der Waals surface area contributed by atoms with E-state index in [2.05, 4.69) is 32.9 Å². The van der Waals surface area contributed by atoms with E-state index < -0.39 is 0 Å². The number of carbonyl (C=O) groups excluding carboxylic acids is 2. The Kier molecular flexibility index (Phi) is 5.02. The maximum absolute atomic E-state index is 12.8. The van der Waals surface area contributed by atoms with Crippen molar-refractivity contribution in [3.05, 3.63) is 35.5 Å². The highest BCUT2D eigenvalue weighted by Gasteiger charge is 2.59. The van der Waals surface area contributed by atoms with Gasteiger partial charge >= 0.3 is 0 Å². The topological polar surface area (TPSA) is 54.4 Å². The van der Waals surface area contributed by atoms with Crippen molar-refractivity contribution in [2.75, 3.05) is 6.61 Å². The molecule has 0 saturated heterocycles. The third-order valence-corrected chi connectivity index (χ3v) is 8.55. The second kappa shape index (κ2) is 7.09. The lowest BCUT2D eigenvalue weighted by atomic mass is 9.52. The second-order valence-electron chi connectivity index (χ2n) is 9.97. The fourth-order valence-electron chi connectivity index (χ4n) is 7.18. The maximum Gasteiger partial charge on any atom is 0.178 e.